The number of carbonyl (C=O) groups excluding carboxylic acids is 1. The monoisotopic (exact) mass is 261 g/mol. The highest BCUT2D eigenvalue weighted by atomic mass is 32.1. The number of piperidine rings is 1. The van der Waals surface area contributed by atoms with Crippen molar-refractivity contribution in [3.63, 3.8) is 0 Å². The zero-order chi connectivity index (χ0) is 12.4. The smallest absolute Gasteiger partial charge is 0.273 e. The van der Waals surface area contributed by atoms with Crippen LogP contribution in [-0.4, -0.2) is 33.4 Å². The molecule has 1 amide bonds. The molecule has 1 aliphatic rings. The number of hydrogen-bond acceptors (Lipinski definition) is 3. The molecule has 3 rings (SSSR count). The van der Waals surface area contributed by atoms with Gasteiger partial charge < -0.3 is 9.47 Å². The maximum atomic E-state index is 12.1. The largest absolute Gasteiger partial charge is 0.351 e. The normalized spacial score (nSPS) is 17.0. The number of nitrogens with zero attached hydrogens (tertiary/aromatic N) is 3. The lowest BCUT2D eigenvalue weighted by atomic mass is 10.0. The molecule has 0 bridgehead atoms. The van der Waals surface area contributed by atoms with Gasteiger partial charge in [-0.3, -0.25) is 4.79 Å². The van der Waals surface area contributed by atoms with E-state index in [0.29, 0.717) is 11.7 Å². The summed E-state index contributed by atoms with van der Waals surface area (Å²) < 4.78 is 2.24. The molecule has 0 atom stereocenters. The first-order valence-corrected chi connectivity index (χ1v) is 7.09. The highest BCUT2D eigenvalue weighted by molar-refractivity contribution is 7.07. The van der Waals surface area contributed by atoms with Crippen molar-refractivity contribution in [1.29, 1.82) is 0 Å². The standard InChI is InChI=1S/C13H15N3OS/c17-13(12-9-18-10-14-12)16-7-3-11(4-8-16)15-5-1-2-6-15/h1-2,5-6,9-11H,3-4,7-8H2. The molecule has 4 nitrogen and oxygen atoms in total. The van der Waals surface area contributed by atoms with Crippen LogP contribution >= 0.6 is 11.3 Å². The predicted molar refractivity (Wildman–Crippen MR) is 70.7 cm³/mol. The van der Waals surface area contributed by atoms with Gasteiger partial charge in [0.15, 0.2) is 0 Å². The van der Waals surface area contributed by atoms with E-state index in [-0.39, 0.29) is 5.91 Å². The lowest BCUT2D eigenvalue weighted by molar-refractivity contribution is 0.0689. The molecule has 0 unspecified atom stereocenters. The topological polar surface area (TPSA) is 38.1 Å². The second-order valence-corrected chi connectivity index (χ2v) is 5.25. The molecule has 2 aromatic heterocycles. The molecule has 0 aliphatic carbocycles. The van der Waals surface area contributed by atoms with Crippen molar-refractivity contribution in [3.05, 3.63) is 41.1 Å². The number of carbonyl (C=O) groups is 1. The molecule has 18 heavy (non-hydrogen) atoms. The van der Waals surface area contributed by atoms with E-state index in [1.165, 1.54) is 11.3 Å². The van der Waals surface area contributed by atoms with E-state index in [4.69, 9.17) is 0 Å². The average Bonchev–Trinajstić information content (AvgIpc) is 3.11. The van der Waals surface area contributed by atoms with E-state index in [1.54, 1.807) is 5.51 Å². The number of aromatic nitrogens is 2. The third kappa shape index (κ3) is 2.18. The van der Waals surface area contributed by atoms with Crippen molar-refractivity contribution in [3.8, 4) is 0 Å². The van der Waals surface area contributed by atoms with Gasteiger partial charge in [-0.1, -0.05) is 0 Å². The fourth-order valence-corrected chi connectivity index (χ4v) is 2.96. The van der Waals surface area contributed by atoms with Gasteiger partial charge in [0, 0.05) is 36.9 Å². The summed E-state index contributed by atoms with van der Waals surface area (Å²) >= 11 is 1.47. The van der Waals surface area contributed by atoms with Crippen molar-refractivity contribution in [2.45, 2.75) is 18.9 Å². The molecular weight excluding hydrogens is 246 g/mol. The van der Waals surface area contributed by atoms with Gasteiger partial charge in [0.2, 0.25) is 0 Å². The summed E-state index contributed by atoms with van der Waals surface area (Å²) in [5.74, 6) is 0.0715. The molecule has 1 aliphatic heterocycles. The maximum Gasteiger partial charge on any atom is 0.273 e. The summed E-state index contributed by atoms with van der Waals surface area (Å²) in [6.45, 7) is 1.64. The minimum absolute atomic E-state index is 0.0715. The van der Waals surface area contributed by atoms with Crippen molar-refractivity contribution in [1.82, 2.24) is 14.5 Å². The number of thiazole rings is 1. The molecule has 0 aromatic carbocycles. The summed E-state index contributed by atoms with van der Waals surface area (Å²) in [5.41, 5.74) is 2.29. The fraction of sp³-hybridized carbons (Fsp3) is 0.385. The van der Waals surface area contributed by atoms with Crippen LogP contribution in [0.1, 0.15) is 29.4 Å². The Morgan fingerprint density at radius 3 is 2.61 bits per heavy atom. The first-order chi connectivity index (χ1) is 8.84. The van der Waals surface area contributed by atoms with Crippen LogP contribution in [0.15, 0.2) is 35.4 Å². The summed E-state index contributed by atoms with van der Waals surface area (Å²) in [6, 6.07) is 4.62. The SMILES string of the molecule is O=C(c1cscn1)N1CCC(n2cccc2)CC1. The number of hydrogen-bond donors (Lipinski definition) is 0. The van der Waals surface area contributed by atoms with Crippen molar-refractivity contribution in [2.24, 2.45) is 0 Å². The van der Waals surface area contributed by atoms with E-state index in [1.807, 2.05) is 22.4 Å². The molecule has 0 spiro atoms. The van der Waals surface area contributed by atoms with Gasteiger partial charge in [0.1, 0.15) is 5.69 Å². The molecular formula is C13H15N3OS. The Labute approximate surface area is 110 Å². The molecule has 3 heterocycles. The summed E-state index contributed by atoms with van der Waals surface area (Å²) in [4.78, 5) is 18.1. The van der Waals surface area contributed by atoms with Crippen LogP contribution < -0.4 is 0 Å². The zero-order valence-electron chi connectivity index (χ0n) is 10.0. The highest BCUT2D eigenvalue weighted by Gasteiger charge is 2.24. The molecule has 0 saturated carbocycles. The zero-order valence-corrected chi connectivity index (χ0v) is 10.8. The predicted octanol–water partition coefficient (Wildman–Crippen LogP) is 2.42. The van der Waals surface area contributed by atoms with Crippen molar-refractivity contribution in [2.75, 3.05) is 13.1 Å². The molecule has 1 fully saturated rings. The van der Waals surface area contributed by atoms with Crippen LogP contribution in [0.4, 0.5) is 0 Å². The quantitative estimate of drug-likeness (QED) is 0.832. The fourth-order valence-electron chi connectivity index (χ4n) is 2.44. The van der Waals surface area contributed by atoms with Gasteiger partial charge in [0.05, 0.1) is 5.51 Å². The van der Waals surface area contributed by atoms with Gasteiger partial charge in [-0.25, -0.2) is 4.98 Å². The summed E-state index contributed by atoms with van der Waals surface area (Å²) in [6.07, 6.45) is 6.24. The minimum atomic E-state index is 0.0715. The van der Waals surface area contributed by atoms with Gasteiger partial charge in [-0.2, -0.15) is 0 Å². The number of rotatable bonds is 2. The van der Waals surface area contributed by atoms with Crippen LogP contribution in [0.3, 0.4) is 0 Å². The average molecular weight is 261 g/mol. The Morgan fingerprint density at radius 1 is 1.28 bits per heavy atom. The van der Waals surface area contributed by atoms with Crippen molar-refractivity contribution < 1.29 is 4.79 Å². The second kappa shape index (κ2) is 4.94. The molecule has 0 N–H and O–H groups in total. The molecule has 5 heteroatoms. The first kappa shape index (κ1) is 11.5. The van der Waals surface area contributed by atoms with Crippen LogP contribution in [0.2, 0.25) is 0 Å². The lowest BCUT2D eigenvalue weighted by Crippen LogP contribution is -2.39. The van der Waals surface area contributed by atoms with Gasteiger partial charge >= 0.3 is 0 Å². The third-order valence-electron chi connectivity index (χ3n) is 3.45. The molecule has 2 aromatic rings. The third-order valence-corrected chi connectivity index (χ3v) is 4.04. The van der Waals surface area contributed by atoms with E-state index in [9.17, 15) is 4.79 Å². The Morgan fingerprint density at radius 2 is 2.00 bits per heavy atom. The van der Waals surface area contributed by atoms with E-state index in [2.05, 4.69) is 21.9 Å². The number of amides is 1. The van der Waals surface area contributed by atoms with Crippen LogP contribution in [0.25, 0.3) is 0 Å². The van der Waals surface area contributed by atoms with Crippen LogP contribution in [0, 0.1) is 0 Å². The van der Waals surface area contributed by atoms with Gasteiger partial charge in [-0.05, 0) is 25.0 Å². The van der Waals surface area contributed by atoms with E-state index < -0.39 is 0 Å². The maximum absolute atomic E-state index is 12.1. The Balaban J connectivity index is 1.62. The molecule has 0 radical (unpaired) electrons. The Hall–Kier alpha value is -1.62. The first-order valence-electron chi connectivity index (χ1n) is 6.14. The molecule has 94 valence electrons. The molecule has 1 saturated heterocycles. The summed E-state index contributed by atoms with van der Waals surface area (Å²) in [7, 11) is 0. The van der Waals surface area contributed by atoms with Crippen molar-refractivity contribution >= 4 is 17.2 Å². The Bertz CT molecular complexity index is 498. The van der Waals surface area contributed by atoms with Gasteiger partial charge in [0.25, 0.3) is 5.91 Å². The van der Waals surface area contributed by atoms with Crippen LogP contribution in [0.5, 0.6) is 0 Å². The Kier molecular flexibility index (Phi) is 3.15. The summed E-state index contributed by atoms with van der Waals surface area (Å²) in [5, 5.41) is 1.82. The van der Waals surface area contributed by atoms with E-state index in [0.717, 1.165) is 25.9 Å². The minimum Gasteiger partial charge on any atom is -0.351 e. The lowest BCUT2D eigenvalue weighted by Gasteiger charge is -2.32. The highest BCUT2D eigenvalue weighted by Crippen LogP contribution is 2.23. The van der Waals surface area contributed by atoms with E-state index >= 15 is 0 Å². The van der Waals surface area contributed by atoms with Gasteiger partial charge in [-0.15, -0.1) is 11.3 Å². The van der Waals surface area contributed by atoms with Crippen LogP contribution in [-0.2, 0) is 0 Å². The second-order valence-electron chi connectivity index (χ2n) is 4.53. The number of likely N-dealkylation sites (tertiary alicyclic amines) is 1.